The van der Waals surface area contributed by atoms with E-state index in [1.54, 1.807) is 14.0 Å². The summed E-state index contributed by atoms with van der Waals surface area (Å²) in [6.07, 6.45) is 1.34. The molecule has 8 heteroatoms. The van der Waals surface area contributed by atoms with E-state index in [2.05, 4.69) is 15.2 Å². The van der Waals surface area contributed by atoms with Gasteiger partial charge < -0.3 is 14.7 Å². The predicted octanol–water partition coefficient (Wildman–Crippen LogP) is 1.02. The van der Waals surface area contributed by atoms with Crippen molar-refractivity contribution >= 4 is 29.5 Å². The first kappa shape index (κ1) is 16.6. The van der Waals surface area contributed by atoms with Crippen LogP contribution >= 0.6 is 11.6 Å². The first-order chi connectivity index (χ1) is 10.4. The third kappa shape index (κ3) is 2.90. The molecule has 0 bridgehead atoms. The zero-order chi connectivity index (χ0) is 16.4. The third-order valence-corrected chi connectivity index (χ3v) is 4.11. The van der Waals surface area contributed by atoms with Crippen LogP contribution in [0.2, 0.25) is 0 Å². The molecule has 0 aromatic rings. The van der Waals surface area contributed by atoms with Gasteiger partial charge in [0.15, 0.2) is 18.2 Å². The van der Waals surface area contributed by atoms with Gasteiger partial charge in [0.05, 0.1) is 0 Å². The van der Waals surface area contributed by atoms with Gasteiger partial charge in [-0.1, -0.05) is 17.7 Å². The second kappa shape index (κ2) is 6.56. The van der Waals surface area contributed by atoms with Crippen molar-refractivity contribution < 1.29 is 9.59 Å². The number of guanidine groups is 1. The van der Waals surface area contributed by atoms with E-state index in [9.17, 15) is 9.59 Å². The quantitative estimate of drug-likeness (QED) is 0.837. The number of hydrogen-bond acceptors (Lipinski definition) is 5. The van der Waals surface area contributed by atoms with E-state index >= 15 is 0 Å². The van der Waals surface area contributed by atoms with Crippen LogP contribution in [-0.2, 0) is 4.79 Å². The van der Waals surface area contributed by atoms with Crippen molar-refractivity contribution in [2.45, 2.75) is 33.0 Å². The molecule has 1 fully saturated rings. The maximum atomic E-state index is 12.3. The molecule has 7 nitrogen and oxygen atoms in total. The molecule has 2 rings (SSSR count). The molecule has 0 spiro atoms. The lowest BCUT2D eigenvalue weighted by atomic mass is 10.1. The molecule has 2 aliphatic heterocycles. The third-order valence-electron chi connectivity index (χ3n) is 3.95. The molecule has 1 saturated heterocycles. The van der Waals surface area contributed by atoms with Crippen LogP contribution < -0.4 is 5.32 Å². The number of hydrogen-bond donors (Lipinski definition) is 1. The number of aliphatic imine (C=N–C) groups is 1. The topological polar surface area (TPSA) is 68.2 Å². The summed E-state index contributed by atoms with van der Waals surface area (Å²) < 4.78 is 0. The molecule has 2 atom stereocenters. The van der Waals surface area contributed by atoms with Gasteiger partial charge in [0.1, 0.15) is 0 Å². The Balaban J connectivity index is 2.38. The number of rotatable bonds is 4. The van der Waals surface area contributed by atoms with Gasteiger partial charge in [0, 0.05) is 31.7 Å². The number of halogens is 1. The number of nitrogens with zero attached hydrogens (tertiary/aromatic N) is 4. The number of carbonyl (C=O) groups excluding carboxylic acids is 2. The monoisotopic (exact) mass is 327 g/mol. The molecular weight excluding hydrogens is 306 g/mol. The summed E-state index contributed by atoms with van der Waals surface area (Å²) in [5, 5.41) is 3.03. The molecule has 3 amide bonds. The lowest BCUT2D eigenvalue weighted by Gasteiger charge is -2.37. The number of likely N-dealkylation sites (N-methyl/N-ethyl adjacent to an activating group) is 1. The van der Waals surface area contributed by atoms with Gasteiger partial charge in [-0.25, -0.2) is 9.79 Å². The van der Waals surface area contributed by atoms with Gasteiger partial charge in [-0.05, 0) is 20.8 Å². The average molecular weight is 328 g/mol. The van der Waals surface area contributed by atoms with Crippen LogP contribution in [0.3, 0.4) is 0 Å². The van der Waals surface area contributed by atoms with Crippen LogP contribution in [0.4, 0.5) is 4.79 Å². The first-order valence-corrected chi connectivity index (χ1v) is 7.77. The molecule has 0 radical (unpaired) electrons. The molecule has 0 aromatic heterocycles. The van der Waals surface area contributed by atoms with E-state index in [0.29, 0.717) is 11.6 Å². The fourth-order valence-electron chi connectivity index (χ4n) is 2.70. The Labute approximate surface area is 135 Å². The van der Waals surface area contributed by atoms with Crippen molar-refractivity contribution in [1.29, 1.82) is 0 Å². The van der Waals surface area contributed by atoms with Crippen LogP contribution in [0.15, 0.2) is 16.1 Å². The summed E-state index contributed by atoms with van der Waals surface area (Å²) in [5.74, 6) is 0.408. The Morgan fingerprint density at radius 2 is 2.05 bits per heavy atom. The number of carbonyl (C=O) groups is 2. The van der Waals surface area contributed by atoms with Gasteiger partial charge in [-0.3, -0.25) is 10.1 Å². The smallest absolute Gasteiger partial charge is 0.325 e. The molecule has 122 valence electrons. The van der Waals surface area contributed by atoms with E-state index in [1.165, 1.54) is 4.90 Å². The zero-order valence-electron chi connectivity index (χ0n) is 13.3. The Kier molecular flexibility index (Phi) is 4.95. The average Bonchev–Trinajstić information content (AvgIpc) is 2.84. The lowest BCUT2D eigenvalue weighted by molar-refractivity contribution is -0.127. The van der Waals surface area contributed by atoms with Crippen molar-refractivity contribution in [1.82, 2.24) is 20.0 Å². The van der Waals surface area contributed by atoms with Crippen LogP contribution in [0.1, 0.15) is 20.8 Å². The number of amides is 3. The zero-order valence-corrected chi connectivity index (χ0v) is 14.1. The van der Waals surface area contributed by atoms with E-state index in [1.807, 2.05) is 24.8 Å². The minimum atomic E-state index is -0.523. The van der Waals surface area contributed by atoms with Gasteiger partial charge in [-0.2, -0.15) is 0 Å². The second-order valence-electron chi connectivity index (χ2n) is 5.31. The number of allylic oxidation sites excluding steroid dienone is 1. The van der Waals surface area contributed by atoms with E-state index in [0.717, 1.165) is 19.0 Å². The summed E-state index contributed by atoms with van der Waals surface area (Å²) in [6, 6.07) is -0.939. The summed E-state index contributed by atoms with van der Waals surface area (Å²) in [4.78, 5) is 34.2. The molecule has 0 saturated carbocycles. The van der Waals surface area contributed by atoms with Crippen LogP contribution in [-0.4, -0.2) is 71.5 Å². The molecule has 0 aromatic carbocycles. The van der Waals surface area contributed by atoms with Crippen molar-refractivity contribution in [3.63, 3.8) is 0 Å². The SMILES string of the molecule is CCN(CC)C1=NC2C(C(=O)NC(=O)N2C)N1C/C=C(\C)Cl. The van der Waals surface area contributed by atoms with Crippen molar-refractivity contribution in [2.75, 3.05) is 26.7 Å². The van der Waals surface area contributed by atoms with Crippen molar-refractivity contribution in [3.8, 4) is 0 Å². The number of nitrogens with one attached hydrogen (secondary N) is 1. The Hall–Kier alpha value is -1.76. The van der Waals surface area contributed by atoms with Crippen LogP contribution in [0, 0.1) is 0 Å². The maximum absolute atomic E-state index is 12.3. The normalized spacial score (nSPS) is 25.1. The van der Waals surface area contributed by atoms with Gasteiger partial charge in [0.2, 0.25) is 0 Å². The molecular formula is C14H22ClN5O2. The molecule has 2 unspecified atom stereocenters. The Bertz CT molecular complexity index is 525. The van der Waals surface area contributed by atoms with Crippen LogP contribution in [0.25, 0.3) is 0 Å². The highest BCUT2D eigenvalue weighted by molar-refractivity contribution is 6.29. The fraction of sp³-hybridized carbons (Fsp3) is 0.643. The fourth-order valence-corrected chi connectivity index (χ4v) is 2.77. The summed E-state index contributed by atoms with van der Waals surface area (Å²) in [5.41, 5.74) is 0. The summed E-state index contributed by atoms with van der Waals surface area (Å²) in [6.45, 7) is 7.87. The Morgan fingerprint density at radius 3 is 2.59 bits per heavy atom. The summed E-state index contributed by atoms with van der Waals surface area (Å²) >= 11 is 5.93. The molecule has 1 N–H and O–H groups in total. The van der Waals surface area contributed by atoms with Gasteiger partial charge >= 0.3 is 6.03 Å². The number of urea groups is 1. The predicted molar refractivity (Wildman–Crippen MR) is 85.5 cm³/mol. The van der Waals surface area contributed by atoms with Crippen molar-refractivity contribution in [2.24, 2.45) is 4.99 Å². The highest BCUT2D eigenvalue weighted by atomic mass is 35.5. The lowest BCUT2D eigenvalue weighted by Crippen LogP contribution is -2.64. The van der Waals surface area contributed by atoms with E-state index < -0.39 is 18.2 Å². The minimum Gasteiger partial charge on any atom is -0.343 e. The maximum Gasteiger partial charge on any atom is 0.325 e. The van der Waals surface area contributed by atoms with E-state index in [4.69, 9.17) is 11.6 Å². The number of imide groups is 1. The van der Waals surface area contributed by atoms with Crippen LogP contribution in [0.5, 0.6) is 0 Å². The highest BCUT2D eigenvalue weighted by Gasteiger charge is 2.49. The molecule has 0 aliphatic carbocycles. The highest BCUT2D eigenvalue weighted by Crippen LogP contribution is 2.25. The van der Waals surface area contributed by atoms with Crippen molar-refractivity contribution in [3.05, 3.63) is 11.1 Å². The second-order valence-corrected chi connectivity index (χ2v) is 5.90. The minimum absolute atomic E-state index is 0.320. The van der Waals surface area contributed by atoms with Gasteiger partial charge in [0.25, 0.3) is 5.91 Å². The first-order valence-electron chi connectivity index (χ1n) is 7.40. The largest absolute Gasteiger partial charge is 0.343 e. The Morgan fingerprint density at radius 1 is 1.41 bits per heavy atom. The molecule has 2 heterocycles. The standard InChI is InChI=1S/C14H22ClN5O2/c1-5-19(6-2)13-16-11-10(20(13)8-7-9(3)15)12(21)17-14(22)18(11)4/h7,10-11H,5-6,8H2,1-4H3,(H,17,21,22)/b9-7+. The summed E-state index contributed by atoms with van der Waals surface area (Å²) in [7, 11) is 1.65. The van der Waals surface area contributed by atoms with E-state index in [-0.39, 0.29) is 5.91 Å². The molecule has 22 heavy (non-hydrogen) atoms. The molecule has 2 aliphatic rings. The van der Waals surface area contributed by atoms with Gasteiger partial charge in [-0.15, -0.1) is 0 Å². The number of fused-ring (bicyclic) bond motifs is 1.